The second-order valence-corrected chi connectivity index (χ2v) is 7.22. The molecule has 1 saturated heterocycles. The van der Waals surface area contributed by atoms with Gasteiger partial charge in [-0.1, -0.05) is 35.4 Å². The molecule has 162 valence electrons. The molecule has 1 aromatic rings. The highest BCUT2D eigenvalue weighted by atomic mass is 16.6. The molecular weight excluding hydrogens is 393 g/mol. The molecule has 1 amide bonds. The van der Waals surface area contributed by atoms with E-state index in [0.29, 0.717) is 12.8 Å². The second kappa shape index (κ2) is 11.0. The Bertz CT molecular complexity index is 774. The maximum absolute atomic E-state index is 13.1. The first-order chi connectivity index (χ1) is 14.3. The van der Waals surface area contributed by atoms with Crippen LogP contribution in [0.2, 0.25) is 0 Å². The number of amides is 1. The number of nitrogens with zero attached hydrogens (tertiary/aromatic N) is 4. The molecule has 0 radical (unpaired) electrons. The molecule has 1 heterocycles. The first-order valence-corrected chi connectivity index (χ1v) is 9.59. The number of benzene rings is 1. The zero-order valence-corrected chi connectivity index (χ0v) is 16.8. The summed E-state index contributed by atoms with van der Waals surface area (Å²) in [7, 11) is -1.90. The summed E-state index contributed by atoms with van der Waals surface area (Å²) in [6.07, 6.45) is 0.673. The largest absolute Gasteiger partial charge is 0.633 e. The normalized spacial score (nSPS) is 21.6. The van der Waals surface area contributed by atoms with E-state index < -0.39 is 30.8 Å². The lowest BCUT2D eigenvalue weighted by Gasteiger charge is -2.27. The van der Waals surface area contributed by atoms with E-state index in [4.69, 9.17) is 30.7 Å². The van der Waals surface area contributed by atoms with Crippen molar-refractivity contribution >= 4 is 19.2 Å². The number of ether oxygens (including phenoxy) is 1. The van der Waals surface area contributed by atoms with Crippen molar-refractivity contribution in [3.63, 3.8) is 0 Å². The maximum atomic E-state index is 13.1. The lowest BCUT2D eigenvalue weighted by Crippen LogP contribution is -2.47. The summed E-state index contributed by atoms with van der Waals surface area (Å²) in [5.74, 6) is -1.64. The minimum atomic E-state index is -1.90. The average Bonchev–Trinajstić information content (AvgIpc) is 3.09. The van der Waals surface area contributed by atoms with Crippen molar-refractivity contribution in [1.29, 1.82) is 0 Å². The molecule has 0 bridgehead atoms. The van der Waals surface area contributed by atoms with Crippen LogP contribution in [-0.2, 0) is 25.6 Å². The van der Waals surface area contributed by atoms with Crippen LogP contribution in [0.4, 0.5) is 0 Å². The molecule has 12 heteroatoms. The Morgan fingerprint density at radius 3 is 2.73 bits per heavy atom. The van der Waals surface area contributed by atoms with E-state index in [2.05, 4.69) is 10.0 Å². The Morgan fingerprint density at radius 1 is 1.43 bits per heavy atom. The topological polar surface area (TPSA) is 171 Å². The molecule has 1 fully saturated rings. The van der Waals surface area contributed by atoms with Crippen molar-refractivity contribution in [2.24, 2.45) is 16.8 Å². The van der Waals surface area contributed by atoms with E-state index in [-0.39, 0.29) is 32.2 Å². The Morgan fingerprint density at radius 2 is 2.13 bits per heavy atom. The summed E-state index contributed by atoms with van der Waals surface area (Å²) in [5, 5.41) is 21.4. The summed E-state index contributed by atoms with van der Waals surface area (Å²) in [5.41, 5.74) is 14.0. The Kier molecular flexibility index (Phi) is 8.64. The van der Waals surface area contributed by atoms with Gasteiger partial charge in [-0.05, 0) is 30.9 Å². The lowest BCUT2D eigenvalue weighted by atomic mass is 9.84. The molecular formula is C18H26BN5O6. The van der Waals surface area contributed by atoms with Crippen LogP contribution >= 0.6 is 0 Å². The van der Waals surface area contributed by atoms with E-state index in [1.54, 1.807) is 12.1 Å². The van der Waals surface area contributed by atoms with Crippen LogP contribution in [0, 0.1) is 5.92 Å². The predicted octanol–water partition coefficient (Wildman–Crippen LogP) is 0.351. The molecule has 3 atom stereocenters. The van der Waals surface area contributed by atoms with Gasteiger partial charge in [0.1, 0.15) is 6.61 Å². The van der Waals surface area contributed by atoms with Gasteiger partial charge in [0, 0.05) is 30.5 Å². The van der Waals surface area contributed by atoms with Crippen molar-refractivity contribution in [3.8, 4) is 0 Å². The minimum Gasteiger partial charge on any atom is -0.460 e. The fraction of sp³-hybridized carbons (Fsp3) is 0.556. The number of likely N-dealkylation sites (tertiary alicyclic amines) is 1. The van der Waals surface area contributed by atoms with Gasteiger partial charge in [0.05, 0.1) is 6.04 Å². The highest BCUT2D eigenvalue weighted by Crippen LogP contribution is 2.37. The Hall–Kier alpha value is -2.63. The number of azide groups is 1. The van der Waals surface area contributed by atoms with Gasteiger partial charge in [-0.25, -0.2) is 0 Å². The predicted molar refractivity (Wildman–Crippen MR) is 107 cm³/mol. The molecule has 0 aliphatic carbocycles. The first kappa shape index (κ1) is 23.7. The van der Waals surface area contributed by atoms with E-state index in [1.165, 1.54) is 11.8 Å². The van der Waals surface area contributed by atoms with Crippen LogP contribution < -0.4 is 5.73 Å². The van der Waals surface area contributed by atoms with Crippen LogP contribution in [0.25, 0.3) is 10.4 Å². The van der Waals surface area contributed by atoms with Gasteiger partial charge in [-0.3, -0.25) is 9.59 Å². The molecule has 2 rings (SSSR count). The molecule has 1 aromatic carbocycles. The third-order valence-corrected chi connectivity index (χ3v) is 5.00. The monoisotopic (exact) mass is 419 g/mol. The maximum Gasteiger partial charge on any atom is 0.633 e. The standard InChI is InChI=1S/C18H26BN5O6/c1-13(20)16(25)24-10-15(8-5-9-30-19(27)28)18(12-24,22-23-21)17(26)29-11-14-6-3-2-4-7-14/h2-4,6-7,13,15,27-28H,5,8-12,20H2,1H3/t13-,15-,18-/m0/s1. The van der Waals surface area contributed by atoms with Crippen LogP contribution in [0.5, 0.6) is 0 Å². The van der Waals surface area contributed by atoms with E-state index in [1.807, 2.05) is 18.2 Å². The van der Waals surface area contributed by atoms with Gasteiger partial charge in [0.2, 0.25) is 5.91 Å². The van der Waals surface area contributed by atoms with Gasteiger partial charge in [0.25, 0.3) is 0 Å². The quantitative estimate of drug-likeness (QED) is 0.123. The average molecular weight is 419 g/mol. The van der Waals surface area contributed by atoms with Crippen molar-refractivity contribution in [1.82, 2.24) is 4.90 Å². The zero-order valence-electron chi connectivity index (χ0n) is 16.8. The summed E-state index contributed by atoms with van der Waals surface area (Å²) in [6.45, 7) is 1.56. The molecule has 0 unspecified atom stereocenters. The van der Waals surface area contributed by atoms with Crippen molar-refractivity contribution in [2.45, 2.75) is 38.0 Å². The van der Waals surface area contributed by atoms with Crippen LogP contribution in [0.15, 0.2) is 35.4 Å². The third-order valence-electron chi connectivity index (χ3n) is 5.00. The molecule has 0 aromatic heterocycles. The Balaban J connectivity index is 2.20. The number of esters is 1. The number of carbonyl (C=O) groups excluding carboxylic acids is 2. The second-order valence-electron chi connectivity index (χ2n) is 7.22. The molecule has 1 aliphatic heterocycles. The van der Waals surface area contributed by atoms with Gasteiger partial charge in [-0.2, -0.15) is 0 Å². The fourth-order valence-electron chi connectivity index (χ4n) is 3.52. The number of carbonyl (C=O) groups is 2. The van der Waals surface area contributed by atoms with Crippen LogP contribution in [0.3, 0.4) is 0 Å². The fourth-order valence-corrected chi connectivity index (χ4v) is 3.52. The summed E-state index contributed by atoms with van der Waals surface area (Å²) in [4.78, 5) is 29.7. The SMILES string of the molecule is C[C@H](N)C(=O)N1C[C@H](CCCOB(O)O)[C@](N=[N+]=[N-])(C(=O)OCc2ccccc2)C1. The smallest absolute Gasteiger partial charge is 0.460 e. The van der Waals surface area contributed by atoms with Gasteiger partial charge < -0.3 is 30.1 Å². The molecule has 1 aliphatic rings. The highest BCUT2D eigenvalue weighted by molar-refractivity contribution is 6.32. The first-order valence-electron chi connectivity index (χ1n) is 9.59. The summed E-state index contributed by atoms with van der Waals surface area (Å²) < 4.78 is 10.1. The summed E-state index contributed by atoms with van der Waals surface area (Å²) in [6, 6.07) is 8.27. The summed E-state index contributed by atoms with van der Waals surface area (Å²) >= 11 is 0. The van der Waals surface area contributed by atoms with E-state index in [0.717, 1.165) is 5.56 Å². The lowest BCUT2D eigenvalue weighted by molar-refractivity contribution is -0.152. The van der Waals surface area contributed by atoms with Crippen molar-refractivity contribution in [3.05, 3.63) is 46.3 Å². The molecule has 4 N–H and O–H groups in total. The number of hydrogen-bond donors (Lipinski definition) is 3. The van der Waals surface area contributed by atoms with Gasteiger partial charge in [0.15, 0.2) is 5.54 Å². The van der Waals surface area contributed by atoms with Gasteiger partial charge >= 0.3 is 13.3 Å². The molecule has 30 heavy (non-hydrogen) atoms. The van der Waals surface area contributed by atoms with Crippen molar-refractivity contribution < 1.29 is 29.0 Å². The van der Waals surface area contributed by atoms with Crippen molar-refractivity contribution in [2.75, 3.05) is 19.7 Å². The number of hydrogen-bond acceptors (Lipinski definition) is 8. The highest BCUT2D eigenvalue weighted by Gasteiger charge is 2.54. The minimum absolute atomic E-state index is 0.00382. The molecule has 0 saturated carbocycles. The van der Waals surface area contributed by atoms with Gasteiger partial charge in [-0.15, -0.1) is 0 Å². The zero-order chi connectivity index (χ0) is 22.1. The third kappa shape index (κ3) is 5.94. The molecule has 11 nitrogen and oxygen atoms in total. The van der Waals surface area contributed by atoms with Crippen LogP contribution in [0.1, 0.15) is 25.3 Å². The molecule has 0 spiro atoms. The van der Waals surface area contributed by atoms with E-state index >= 15 is 0 Å². The van der Waals surface area contributed by atoms with Crippen LogP contribution in [-0.4, -0.2) is 65.4 Å². The Labute approximate surface area is 174 Å². The number of rotatable bonds is 10. The van der Waals surface area contributed by atoms with E-state index in [9.17, 15) is 9.59 Å². The number of nitrogens with two attached hydrogens (primary N) is 1.